The summed E-state index contributed by atoms with van der Waals surface area (Å²) in [6.45, 7) is 5.43. The van der Waals surface area contributed by atoms with Crippen LogP contribution >= 0.6 is 0 Å². The first-order valence-corrected chi connectivity index (χ1v) is 11.4. The van der Waals surface area contributed by atoms with E-state index in [0.717, 1.165) is 78.5 Å². The van der Waals surface area contributed by atoms with E-state index in [1.54, 1.807) is 0 Å². The summed E-state index contributed by atoms with van der Waals surface area (Å²) in [5.41, 5.74) is 4.00. The molecule has 2 aromatic rings. The second-order valence-electron chi connectivity index (χ2n) is 9.12. The van der Waals surface area contributed by atoms with Crippen LogP contribution in [-0.4, -0.2) is 65.5 Å². The smallest absolute Gasteiger partial charge is 0.254 e. The molecule has 1 saturated heterocycles. The minimum atomic E-state index is 0.0680. The number of anilines is 1. The van der Waals surface area contributed by atoms with Gasteiger partial charge in [-0.2, -0.15) is 0 Å². The molecule has 0 unspecified atom stereocenters. The number of carbonyl (C=O) groups excluding carboxylic acids is 1. The highest BCUT2D eigenvalue weighted by atomic mass is 16.5. The summed E-state index contributed by atoms with van der Waals surface area (Å²) >= 11 is 0. The quantitative estimate of drug-likeness (QED) is 0.822. The Labute approximate surface area is 183 Å². The fourth-order valence-electron chi connectivity index (χ4n) is 5.02. The van der Waals surface area contributed by atoms with E-state index in [1.807, 2.05) is 30.1 Å². The molecule has 1 amide bonds. The zero-order chi connectivity index (χ0) is 21.5. The zero-order valence-corrected chi connectivity index (χ0v) is 18.6. The number of fused-ring (bicyclic) bond motifs is 2. The van der Waals surface area contributed by atoms with Gasteiger partial charge in [-0.05, 0) is 70.1 Å². The molecule has 1 aromatic carbocycles. The van der Waals surface area contributed by atoms with Gasteiger partial charge in [0.1, 0.15) is 23.5 Å². The molecule has 1 atom stereocenters. The molecule has 4 heterocycles. The molecule has 0 spiro atoms. The number of carbonyl (C=O) groups is 1. The lowest BCUT2D eigenvalue weighted by atomic mass is 9.95. The predicted octanol–water partition coefficient (Wildman–Crippen LogP) is 2.85. The van der Waals surface area contributed by atoms with Gasteiger partial charge in [0, 0.05) is 37.1 Å². The van der Waals surface area contributed by atoms with Crippen molar-refractivity contribution >= 4 is 11.7 Å². The maximum absolute atomic E-state index is 13.3. The number of ether oxygens (including phenoxy) is 1. The third-order valence-electron chi connectivity index (χ3n) is 6.83. The van der Waals surface area contributed by atoms with Gasteiger partial charge in [-0.1, -0.05) is 0 Å². The molecule has 5 rings (SSSR count). The predicted molar refractivity (Wildman–Crippen MR) is 120 cm³/mol. The first kappa shape index (κ1) is 20.2. The van der Waals surface area contributed by atoms with Gasteiger partial charge < -0.3 is 19.9 Å². The molecule has 0 aliphatic carbocycles. The molecule has 3 aliphatic heterocycles. The molecule has 3 aliphatic rings. The summed E-state index contributed by atoms with van der Waals surface area (Å²) in [6, 6.07) is 5.82. The Morgan fingerprint density at radius 2 is 2.00 bits per heavy atom. The van der Waals surface area contributed by atoms with Crippen LogP contribution in [0.15, 0.2) is 18.2 Å². The van der Waals surface area contributed by atoms with Gasteiger partial charge in [-0.25, -0.2) is 9.97 Å². The van der Waals surface area contributed by atoms with Gasteiger partial charge in [-0.15, -0.1) is 0 Å². The second kappa shape index (κ2) is 8.11. The Morgan fingerprint density at radius 3 is 2.77 bits per heavy atom. The molecular weight excluding hydrogens is 390 g/mol. The van der Waals surface area contributed by atoms with Crippen LogP contribution in [0, 0.1) is 0 Å². The van der Waals surface area contributed by atoms with E-state index < -0.39 is 0 Å². The highest BCUT2D eigenvalue weighted by Gasteiger charge is 2.29. The van der Waals surface area contributed by atoms with E-state index in [0.29, 0.717) is 19.0 Å². The minimum Gasteiger partial charge on any atom is -0.490 e. The lowest BCUT2D eigenvalue weighted by molar-refractivity contribution is 0.0731. The van der Waals surface area contributed by atoms with Crippen molar-refractivity contribution in [2.24, 2.45) is 0 Å². The van der Waals surface area contributed by atoms with Crippen LogP contribution in [0.4, 0.5) is 5.82 Å². The minimum absolute atomic E-state index is 0.0680. The normalized spacial score (nSPS) is 21.4. The second-order valence-corrected chi connectivity index (χ2v) is 9.12. The summed E-state index contributed by atoms with van der Waals surface area (Å²) in [7, 11) is 4.09. The van der Waals surface area contributed by atoms with Gasteiger partial charge in [0.15, 0.2) is 0 Å². The van der Waals surface area contributed by atoms with Crippen molar-refractivity contribution in [2.45, 2.75) is 51.2 Å². The standard InChI is InChI=1S/C24H31N5O2/c1-15-12-18-13-17(4-5-21(18)31-15)24(30)29-11-8-19-20(14-29)26-22(27-23(19)25-2)16-6-9-28(3)10-7-16/h4-5,13,15-16H,6-12,14H2,1-3H3,(H,25,26,27)/t15-/m0/s1. The monoisotopic (exact) mass is 421 g/mol. The third-order valence-corrected chi connectivity index (χ3v) is 6.83. The molecule has 1 N–H and O–H groups in total. The fraction of sp³-hybridized carbons (Fsp3) is 0.542. The van der Waals surface area contributed by atoms with E-state index in [1.165, 1.54) is 0 Å². The zero-order valence-electron chi connectivity index (χ0n) is 18.6. The maximum atomic E-state index is 13.3. The van der Waals surface area contributed by atoms with Crippen molar-refractivity contribution in [2.75, 3.05) is 39.0 Å². The summed E-state index contributed by atoms with van der Waals surface area (Å²) in [4.78, 5) is 27.4. The van der Waals surface area contributed by atoms with Crippen LogP contribution in [0.2, 0.25) is 0 Å². The number of benzene rings is 1. The molecule has 7 nitrogen and oxygen atoms in total. The van der Waals surface area contributed by atoms with Gasteiger partial charge in [0.2, 0.25) is 0 Å². The van der Waals surface area contributed by atoms with E-state index in [-0.39, 0.29) is 12.0 Å². The van der Waals surface area contributed by atoms with Crippen LogP contribution in [-0.2, 0) is 19.4 Å². The summed E-state index contributed by atoms with van der Waals surface area (Å²) in [5, 5.41) is 3.27. The first-order chi connectivity index (χ1) is 15.0. The van der Waals surface area contributed by atoms with Crippen LogP contribution in [0.25, 0.3) is 0 Å². The lowest BCUT2D eigenvalue weighted by Gasteiger charge is -2.32. The van der Waals surface area contributed by atoms with Gasteiger partial charge >= 0.3 is 0 Å². The van der Waals surface area contributed by atoms with Crippen molar-refractivity contribution in [3.05, 3.63) is 46.4 Å². The average molecular weight is 422 g/mol. The van der Waals surface area contributed by atoms with E-state index in [9.17, 15) is 4.79 Å². The number of rotatable bonds is 3. The van der Waals surface area contributed by atoms with Crippen LogP contribution in [0.1, 0.15) is 58.7 Å². The number of nitrogens with one attached hydrogen (secondary N) is 1. The van der Waals surface area contributed by atoms with Crippen LogP contribution < -0.4 is 10.1 Å². The fourth-order valence-corrected chi connectivity index (χ4v) is 5.02. The van der Waals surface area contributed by atoms with Gasteiger partial charge in [-0.3, -0.25) is 4.79 Å². The first-order valence-electron chi connectivity index (χ1n) is 11.4. The van der Waals surface area contributed by atoms with Crippen molar-refractivity contribution in [1.29, 1.82) is 0 Å². The molecule has 0 saturated carbocycles. The topological polar surface area (TPSA) is 70.6 Å². The Kier molecular flexibility index (Phi) is 5.30. The van der Waals surface area contributed by atoms with Crippen molar-refractivity contribution < 1.29 is 9.53 Å². The van der Waals surface area contributed by atoms with Gasteiger partial charge in [0.05, 0.1) is 12.2 Å². The Balaban J connectivity index is 1.38. The SMILES string of the molecule is CNc1nc(C2CCN(C)CC2)nc2c1CCN(C(=O)c1ccc3c(c1)C[C@H](C)O3)C2. The molecular formula is C24H31N5O2. The molecule has 164 valence electrons. The molecule has 0 bridgehead atoms. The Bertz CT molecular complexity index is 1000. The summed E-state index contributed by atoms with van der Waals surface area (Å²) < 4.78 is 5.78. The Hall–Kier alpha value is -2.67. The van der Waals surface area contributed by atoms with Crippen molar-refractivity contribution in [3.8, 4) is 5.75 Å². The maximum Gasteiger partial charge on any atom is 0.254 e. The summed E-state index contributed by atoms with van der Waals surface area (Å²) in [6.07, 6.45) is 3.97. The number of nitrogens with zero attached hydrogens (tertiary/aromatic N) is 4. The van der Waals surface area contributed by atoms with Crippen LogP contribution in [0.5, 0.6) is 5.75 Å². The number of hydrogen-bond acceptors (Lipinski definition) is 6. The Morgan fingerprint density at radius 1 is 1.19 bits per heavy atom. The lowest BCUT2D eigenvalue weighted by Crippen LogP contribution is -2.37. The highest BCUT2D eigenvalue weighted by molar-refractivity contribution is 5.94. The number of amides is 1. The molecule has 1 fully saturated rings. The average Bonchev–Trinajstić information content (AvgIpc) is 3.17. The number of hydrogen-bond donors (Lipinski definition) is 1. The van der Waals surface area contributed by atoms with Crippen molar-refractivity contribution in [3.63, 3.8) is 0 Å². The van der Waals surface area contributed by atoms with Gasteiger partial charge in [0.25, 0.3) is 5.91 Å². The van der Waals surface area contributed by atoms with E-state index in [2.05, 4.69) is 24.2 Å². The number of likely N-dealkylation sites (tertiary alicyclic amines) is 1. The number of aromatic nitrogens is 2. The van der Waals surface area contributed by atoms with E-state index in [4.69, 9.17) is 14.7 Å². The molecule has 0 radical (unpaired) electrons. The van der Waals surface area contributed by atoms with E-state index >= 15 is 0 Å². The molecule has 1 aromatic heterocycles. The van der Waals surface area contributed by atoms with Crippen LogP contribution in [0.3, 0.4) is 0 Å². The third kappa shape index (κ3) is 3.87. The number of piperidine rings is 1. The summed E-state index contributed by atoms with van der Waals surface area (Å²) in [5.74, 6) is 3.21. The molecule has 31 heavy (non-hydrogen) atoms. The highest BCUT2D eigenvalue weighted by Crippen LogP contribution is 2.32. The van der Waals surface area contributed by atoms with Crippen molar-refractivity contribution in [1.82, 2.24) is 19.8 Å². The molecule has 7 heteroatoms. The largest absolute Gasteiger partial charge is 0.490 e.